The third-order valence-electron chi connectivity index (χ3n) is 2.11. The molecule has 1 aromatic carbocycles. The summed E-state index contributed by atoms with van der Waals surface area (Å²) < 4.78 is 49.6. The van der Waals surface area contributed by atoms with Crippen LogP contribution < -0.4 is 5.73 Å². The van der Waals surface area contributed by atoms with Gasteiger partial charge in [0.15, 0.2) is 0 Å². The lowest BCUT2D eigenvalue weighted by Gasteiger charge is -2.15. The molecule has 0 aliphatic rings. The van der Waals surface area contributed by atoms with Crippen LogP contribution in [0.4, 0.5) is 17.6 Å². The topological polar surface area (TPSA) is 26.0 Å². The normalized spacial score (nSPS) is 13.1. The summed E-state index contributed by atoms with van der Waals surface area (Å²) in [4.78, 5) is 0. The van der Waals surface area contributed by atoms with Crippen LogP contribution in [-0.4, -0.2) is 6.18 Å². The Kier molecular flexibility index (Phi) is 6.43. The van der Waals surface area contributed by atoms with Gasteiger partial charge in [0.25, 0.3) is 0 Å². The van der Waals surface area contributed by atoms with Crippen molar-refractivity contribution >= 4 is 28.3 Å². The van der Waals surface area contributed by atoms with E-state index in [4.69, 9.17) is 5.73 Å². The van der Waals surface area contributed by atoms with Crippen molar-refractivity contribution in [2.75, 3.05) is 0 Å². The van der Waals surface area contributed by atoms with Gasteiger partial charge in [-0.1, -0.05) is 22.0 Å². The zero-order chi connectivity index (χ0) is 12.3. The van der Waals surface area contributed by atoms with Crippen LogP contribution in [0.1, 0.15) is 24.4 Å². The Hall–Kier alpha value is -0.330. The third-order valence-corrected chi connectivity index (χ3v) is 2.80. The molecular formula is C10H11BrClF4N. The van der Waals surface area contributed by atoms with E-state index in [9.17, 15) is 17.6 Å². The highest BCUT2D eigenvalue weighted by Gasteiger charge is 2.28. The lowest BCUT2D eigenvalue weighted by atomic mass is 10.0. The van der Waals surface area contributed by atoms with Crippen molar-refractivity contribution < 1.29 is 17.6 Å². The first-order valence-electron chi connectivity index (χ1n) is 4.57. The fourth-order valence-electron chi connectivity index (χ4n) is 1.33. The van der Waals surface area contributed by atoms with Gasteiger partial charge in [-0.25, -0.2) is 4.39 Å². The minimum absolute atomic E-state index is 0. The molecule has 2 N–H and O–H groups in total. The largest absolute Gasteiger partial charge is 0.389 e. The summed E-state index contributed by atoms with van der Waals surface area (Å²) >= 11 is 3.07. The number of nitrogens with two attached hydrogens (primary N) is 1. The molecule has 0 saturated heterocycles. The smallest absolute Gasteiger partial charge is 0.324 e. The maximum Gasteiger partial charge on any atom is 0.389 e. The maximum absolute atomic E-state index is 13.3. The second-order valence-electron chi connectivity index (χ2n) is 3.40. The molecule has 0 fully saturated rings. The lowest BCUT2D eigenvalue weighted by Crippen LogP contribution is -2.17. The molecule has 0 aliphatic carbocycles. The number of halogens is 6. The molecule has 17 heavy (non-hydrogen) atoms. The van der Waals surface area contributed by atoms with Crippen molar-refractivity contribution in [3.05, 3.63) is 34.1 Å². The summed E-state index contributed by atoms with van der Waals surface area (Å²) in [5.41, 5.74) is 5.62. The summed E-state index contributed by atoms with van der Waals surface area (Å²) in [6.45, 7) is 0. The SMILES string of the molecule is Cl.N[C@H](CCC(F)(F)F)c1c(F)cccc1Br. The van der Waals surface area contributed by atoms with Crippen molar-refractivity contribution in [3.8, 4) is 0 Å². The van der Waals surface area contributed by atoms with Crippen LogP contribution in [0, 0.1) is 5.82 Å². The molecule has 0 saturated carbocycles. The van der Waals surface area contributed by atoms with Crippen LogP contribution in [0.15, 0.2) is 22.7 Å². The van der Waals surface area contributed by atoms with E-state index in [1.165, 1.54) is 12.1 Å². The molecule has 7 heteroatoms. The molecule has 0 unspecified atom stereocenters. The van der Waals surface area contributed by atoms with E-state index < -0.39 is 24.5 Å². The van der Waals surface area contributed by atoms with E-state index in [2.05, 4.69) is 15.9 Å². The highest BCUT2D eigenvalue weighted by atomic mass is 79.9. The van der Waals surface area contributed by atoms with Gasteiger partial charge in [0.1, 0.15) is 5.82 Å². The maximum atomic E-state index is 13.3. The Morgan fingerprint density at radius 1 is 1.29 bits per heavy atom. The highest BCUT2D eigenvalue weighted by molar-refractivity contribution is 9.10. The Bertz CT molecular complexity index is 350. The molecule has 0 heterocycles. The van der Waals surface area contributed by atoms with Gasteiger partial charge in [0, 0.05) is 22.5 Å². The molecule has 1 nitrogen and oxygen atoms in total. The van der Waals surface area contributed by atoms with Crippen molar-refractivity contribution in [2.24, 2.45) is 5.73 Å². The number of hydrogen-bond donors (Lipinski definition) is 1. The molecule has 0 spiro atoms. The molecule has 0 aliphatic heterocycles. The summed E-state index contributed by atoms with van der Waals surface area (Å²) in [5, 5.41) is 0. The number of hydrogen-bond acceptors (Lipinski definition) is 1. The summed E-state index contributed by atoms with van der Waals surface area (Å²) in [6, 6.07) is 3.22. The van der Waals surface area contributed by atoms with Crippen molar-refractivity contribution in [3.63, 3.8) is 0 Å². The van der Waals surface area contributed by atoms with Gasteiger partial charge >= 0.3 is 6.18 Å². The van der Waals surface area contributed by atoms with E-state index in [1.807, 2.05) is 0 Å². The molecule has 1 atom stereocenters. The van der Waals surface area contributed by atoms with Crippen LogP contribution in [-0.2, 0) is 0 Å². The summed E-state index contributed by atoms with van der Waals surface area (Å²) in [6.07, 6.45) is -5.62. The second kappa shape index (κ2) is 6.56. The van der Waals surface area contributed by atoms with Crippen LogP contribution in [0.25, 0.3) is 0 Å². The van der Waals surface area contributed by atoms with Crippen LogP contribution in [0.2, 0.25) is 0 Å². The van der Waals surface area contributed by atoms with Crippen LogP contribution in [0.3, 0.4) is 0 Å². The second-order valence-corrected chi connectivity index (χ2v) is 4.25. The van der Waals surface area contributed by atoms with Gasteiger partial charge in [0.2, 0.25) is 0 Å². The average molecular weight is 337 g/mol. The molecule has 1 aromatic rings. The Morgan fingerprint density at radius 3 is 2.35 bits per heavy atom. The zero-order valence-electron chi connectivity index (χ0n) is 8.60. The van der Waals surface area contributed by atoms with Gasteiger partial charge in [-0.3, -0.25) is 0 Å². The minimum atomic E-state index is -4.27. The fraction of sp³-hybridized carbons (Fsp3) is 0.400. The van der Waals surface area contributed by atoms with Gasteiger partial charge in [-0.15, -0.1) is 12.4 Å². The summed E-state index contributed by atoms with van der Waals surface area (Å²) in [5.74, 6) is -0.593. The van der Waals surface area contributed by atoms with Gasteiger partial charge in [-0.2, -0.15) is 13.2 Å². The van der Waals surface area contributed by atoms with Crippen molar-refractivity contribution in [1.29, 1.82) is 0 Å². The van der Waals surface area contributed by atoms with E-state index in [1.54, 1.807) is 6.07 Å². The first-order valence-corrected chi connectivity index (χ1v) is 5.37. The highest BCUT2D eigenvalue weighted by Crippen LogP contribution is 2.31. The molecule has 0 radical (unpaired) electrons. The Balaban J connectivity index is 0.00000256. The number of rotatable bonds is 3. The third kappa shape index (κ3) is 5.23. The molecule has 1 rings (SSSR count). The molecule has 0 bridgehead atoms. The Morgan fingerprint density at radius 2 is 1.88 bits per heavy atom. The predicted molar refractivity (Wildman–Crippen MR) is 63.6 cm³/mol. The van der Waals surface area contributed by atoms with E-state index >= 15 is 0 Å². The first-order chi connectivity index (χ1) is 7.31. The van der Waals surface area contributed by atoms with Crippen molar-refractivity contribution in [2.45, 2.75) is 25.1 Å². The zero-order valence-corrected chi connectivity index (χ0v) is 11.0. The quantitative estimate of drug-likeness (QED) is 0.816. The van der Waals surface area contributed by atoms with Gasteiger partial charge in [-0.05, 0) is 18.6 Å². The molecule has 98 valence electrons. The summed E-state index contributed by atoms with van der Waals surface area (Å²) in [7, 11) is 0. The van der Waals surface area contributed by atoms with E-state index in [0.717, 1.165) is 0 Å². The average Bonchev–Trinajstić information content (AvgIpc) is 2.13. The number of alkyl halides is 3. The van der Waals surface area contributed by atoms with E-state index in [-0.39, 0.29) is 24.4 Å². The van der Waals surface area contributed by atoms with Crippen LogP contribution in [0.5, 0.6) is 0 Å². The minimum Gasteiger partial charge on any atom is -0.324 e. The lowest BCUT2D eigenvalue weighted by molar-refractivity contribution is -0.136. The first kappa shape index (κ1) is 16.7. The standard InChI is InChI=1S/C10H10BrF4N.ClH/c11-6-2-1-3-7(12)9(6)8(16)4-5-10(13,14)15;/h1-3,8H,4-5,16H2;1H/t8-;/m1./s1. The van der Waals surface area contributed by atoms with Crippen molar-refractivity contribution in [1.82, 2.24) is 0 Å². The van der Waals surface area contributed by atoms with Gasteiger partial charge < -0.3 is 5.73 Å². The van der Waals surface area contributed by atoms with Crippen LogP contribution >= 0.6 is 28.3 Å². The molecular weight excluding hydrogens is 325 g/mol. The van der Waals surface area contributed by atoms with E-state index in [0.29, 0.717) is 4.47 Å². The van der Waals surface area contributed by atoms with Gasteiger partial charge in [0.05, 0.1) is 0 Å². The Labute approximate surface area is 111 Å². The monoisotopic (exact) mass is 335 g/mol. The molecule has 0 aromatic heterocycles. The molecule has 0 amide bonds. The fourth-order valence-corrected chi connectivity index (χ4v) is 1.96. The number of benzene rings is 1. The predicted octanol–water partition coefficient (Wildman–Crippen LogP) is 4.35.